The number of allylic oxidation sites excluding steroid dienone is 2. The average molecular weight is 124 g/mol. The minimum Gasteiger partial charge on any atom is -0.373 e. The minimum atomic E-state index is 0.768. The molecule has 0 aromatic rings. The van der Waals surface area contributed by atoms with Crippen molar-refractivity contribution >= 4 is 0 Å². The molecule has 0 fully saturated rings. The third-order valence-electron chi connectivity index (χ3n) is 1.26. The molecule has 0 aliphatic carbocycles. The molecule has 0 aromatic carbocycles. The van der Waals surface area contributed by atoms with Crippen molar-refractivity contribution in [3.05, 3.63) is 24.3 Å². The Balaban J connectivity index is 2.28. The van der Waals surface area contributed by atoms with Crippen molar-refractivity contribution < 1.29 is 4.74 Å². The predicted molar refractivity (Wildman–Crippen MR) is 38.3 cm³/mol. The summed E-state index contributed by atoms with van der Waals surface area (Å²) in [6.07, 6.45) is 10.8. The quantitative estimate of drug-likeness (QED) is 0.448. The second-order valence-electron chi connectivity index (χ2n) is 2.06. The maximum absolute atomic E-state index is 5.18. The summed E-state index contributed by atoms with van der Waals surface area (Å²) in [7, 11) is 0. The average Bonchev–Trinajstić information content (AvgIpc) is 2.00. The van der Waals surface area contributed by atoms with Crippen molar-refractivity contribution in [2.24, 2.45) is 0 Å². The van der Waals surface area contributed by atoms with E-state index in [0.717, 1.165) is 26.1 Å². The van der Waals surface area contributed by atoms with E-state index in [1.165, 1.54) is 0 Å². The number of hydrogen-bond donors (Lipinski definition) is 0. The lowest BCUT2D eigenvalue weighted by Crippen LogP contribution is -1.88. The van der Waals surface area contributed by atoms with Gasteiger partial charge >= 0.3 is 0 Å². The molecular weight excluding hydrogens is 112 g/mol. The first-order chi connectivity index (χ1) is 4.50. The Bertz CT molecular complexity index is 99.7. The molecule has 1 aliphatic rings. The Labute approximate surface area is 56.0 Å². The van der Waals surface area contributed by atoms with Crippen molar-refractivity contribution in [2.75, 3.05) is 13.2 Å². The first kappa shape index (κ1) is 6.56. The molecule has 1 rings (SSSR count). The molecule has 0 atom stereocenters. The maximum Gasteiger partial charge on any atom is 0.0651 e. The molecule has 9 heavy (non-hydrogen) atoms. The zero-order valence-corrected chi connectivity index (χ0v) is 5.55. The van der Waals surface area contributed by atoms with Gasteiger partial charge in [0.2, 0.25) is 0 Å². The molecule has 0 unspecified atom stereocenters. The molecule has 1 nitrogen and oxygen atoms in total. The highest BCUT2D eigenvalue weighted by molar-refractivity contribution is 4.90. The third-order valence-corrected chi connectivity index (χ3v) is 1.26. The van der Waals surface area contributed by atoms with Crippen molar-refractivity contribution in [1.29, 1.82) is 0 Å². The minimum absolute atomic E-state index is 0.768. The Morgan fingerprint density at radius 2 is 1.33 bits per heavy atom. The molecular formula is C8H12O. The van der Waals surface area contributed by atoms with Crippen LogP contribution in [-0.4, -0.2) is 13.2 Å². The molecule has 0 saturated heterocycles. The van der Waals surface area contributed by atoms with Crippen LogP contribution >= 0.6 is 0 Å². The highest BCUT2D eigenvalue weighted by Gasteiger charge is 1.82. The van der Waals surface area contributed by atoms with Crippen molar-refractivity contribution in [1.82, 2.24) is 0 Å². The Morgan fingerprint density at radius 3 is 1.89 bits per heavy atom. The standard InChI is InChI=1S/C8H12O/c1-2-4-6-8-9-7-5-3-1/h3-6H,1-2,7-8H2/b5-3-,6-4-. The van der Waals surface area contributed by atoms with Gasteiger partial charge in [-0.05, 0) is 12.8 Å². The van der Waals surface area contributed by atoms with Crippen molar-refractivity contribution in [2.45, 2.75) is 12.8 Å². The smallest absolute Gasteiger partial charge is 0.0651 e. The molecule has 1 heteroatoms. The van der Waals surface area contributed by atoms with Gasteiger partial charge in [0.15, 0.2) is 0 Å². The molecule has 1 aliphatic heterocycles. The van der Waals surface area contributed by atoms with Crippen LogP contribution in [0.1, 0.15) is 12.8 Å². The van der Waals surface area contributed by atoms with E-state index in [1.807, 2.05) is 0 Å². The molecule has 1 heterocycles. The summed E-state index contributed by atoms with van der Waals surface area (Å²) in [4.78, 5) is 0. The summed E-state index contributed by atoms with van der Waals surface area (Å²) in [5.41, 5.74) is 0. The fraction of sp³-hybridized carbons (Fsp3) is 0.500. The van der Waals surface area contributed by atoms with E-state index in [-0.39, 0.29) is 0 Å². The summed E-state index contributed by atoms with van der Waals surface area (Å²) in [5.74, 6) is 0. The SMILES string of the molecule is C1=C\COC/C=C\CC/1. The summed E-state index contributed by atoms with van der Waals surface area (Å²) < 4.78 is 5.18. The Morgan fingerprint density at radius 1 is 0.778 bits per heavy atom. The van der Waals surface area contributed by atoms with E-state index in [2.05, 4.69) is 24.3 Å². The van der Waals surface area contributed by atoms with Crippen LogP contribution in [0.2, 0.25) is 0 Å². The van der Waals surface area contributed by atoms with Crippen LogP contribution in [0, 0.1) is 0 Å². The topological polar surface area (TPSA) is 9.23 Å². The summed E-state index contributed by atoms with van der Waals surface area (Å²) in [5, 5.41) is 0. The lowest BCUT2D eigenvalue weighted by atomic mass is 10.3. The molecule has 50 valence electrons. The number of hydrogen-bond acceptors (Lipinski definition) is 1. The van der Waals surface area contributed by atoms with Crippen LogP contribution in [0.25, 0.3) is 0 Å². The van der Waals surface area contributed by atoms with E-state index >= 15 is 0 Å². The lowest BCUT2D eigenvalue weighted by molar-refractivity contribution is 0.194. The molecule has 0 radical (unpaired) electrons. The van der Waals surface area contributed by atoms with Gasteiger partial charge in [0, 0.05) is 0 Å². The van der Waals surface area contributed by atoms with Gasteiger partial charge in [0.05, 0.1) is 13.2 Å². The normalized spacial score (nSPS) is 27.6. The predicted octanol–water partition coefficient (Wildman–Crippen LogP) is 1.91. The molecule has 0 spiro atoms. The van der Waals surface area contributed by atoms with Crippen LogP contribution in [0.4, 0.5) is 0 Å². The van der Waals surface area contributed by atoms with Crippen LogP contribution in [-0.2, 0) is 4.74 Å². The fourth-order valence-electron chi connectivity index (χ4n) is 0.768. The van der Waals surface area contributed by atoms with Gasteiger partial charge in [-0.2, -0.15) is 0 Å². The summed E-state index contributed by atoms with van der Waals surface area (Å²) >= 11 is 0. The zero-order chi connectivity index (χ0) is 6.36. The lowest BCUT2D eigenvalue weighted by Gasteiger charge is -1.90. The van der Waals surface area contributed by atoms with Gasteiger partial charge in [0.25, 0.3) is 0 Å². The maximum atomic E-state index is 5.18. The number of ether oxygens (including phenoxy) is 1. The van der Waals surface area contributed by atoms with Gasteiger partial charge in [0.1, 0.15) is 0 Å². The first-order valence-electron chi connectivity index (χ1n) is 3.38. The van der Waals surface area contributed by atoms with E-state index in [4.69, 9.17) is 4.74 Å². The van der Waals surface area contributed by atoms with Gasteiger partial charge in [-0.25, -0.2) is 0 Å². The van der Waals surface area contributed by atoms with E-state index in [1.54, 1.807) is 0 Å². The highest BCUT2D eigenvalue weighted by Crippen LogP contribution is 1.95. The van der Waals surface area contributed by atoms with Crippen LogP contribution in [0.5, 0.6) is 0 Å². The monoisotopic (exact) mass is 124 g/mol. The Hall–Kier alpha value is -0.560. The van der Waals surface area contributed by atoms with Crippen molar-refractivity contribution in [3.63, 3.8) is 0 Å². The number of rotatable bonds is 0. The third kappa shape index (κ3) is 3.09. The van der Waals surface area contributed by atoms with Gasteiger partial charge in [-0.1, -0.05) is 24.3 Å². The molecule has 0 bridgehead atoms. The largest absolute Gasteiger partial charge is 0.373 e. The second kappa shape index (κ2) is 4.33. The summed E-state index contributed by atoms with van der Waals surface area (Å²) in [6, 6.07) is 0. The molecule has 0 amide bonds. The van der Waals surface area contributed by atoms with Gasteiger partial charge in [-0.15, -0.1) is 0 Å². The van der Waals surface area contributed by atoms with E-state index < -0.39 is 0 Å². The van der Waals surface area contributed by atoms with Crippen LogP contribution in [0.15, 0.2) is 24.3 Å². The zero-order valence-electron chi connectivity index (χ0n) is 5.55. The first-order valence-corrected chi connectivity index (χ1v) is 3.38. The van der Waals surface area contributed by atoms with Gasteiger partial charge in [-0.3, -0.25) is 0 Å². The van der Waals surface area contributed by atoms with E-state index in [9.17, 15) is 0 Å². The molecule has 0 saturated carbocycles. The Kier molecular flexibility index (Phi) is 3.16. The highest BCUT2D eigenvalue weighted by atomic mass is 16.5. The van der Waals surface area contributed by atoms with Gasteiger partial charge < -0.3 is 4.74 Å². The van der Waals surface area contributed by atoms with Crippen LogP contribution in [0.3, 0.4) is 0 Å². The molecule has 0 aromatic heterocycles. The van der Waals surface area contributed by atoms with Crippen molar-refractivity contribution in [3.8, 4) is 0 Å². The van der Waals surface area contributed by atoms with Crippen LogP contribution < -0.4 is 0 Å². The van der Waals surface area contributed by atoms with E-state index in [0.29, 0.717) is 0 Å². The summed E-state index contributed by atoms with van der Waals surface area (Å²) in [6.45, 7) is 1.54. The fourth-order valence-corrected chi connectivity index (χ4v) is 0.768. The second-order valence-corrected chi connectivity index (χ2v) is 2.06. The molecule has 0 N–H and O–H groups in total.